The number of likely N-dealkylation sites (N-methyl/N-ethyl adjacent to an activating group) is 1. The molecule has 1 unspecified atom stereocenters. The van der Waals surface area contributed by atoms with Crippen LogP contribution in [0.2, 0.25) is 0 Å². The minimum atomic E-state index is -0.607. The predicted octanol–water partition coefficient (Wildman–Crippen LogP) is 3.58. The van der Waals surface area contributed by atoms with Crippen LogP contribution in [0.4, 0.5) is 0 Å². The first-order valence-corrected chi connectivity index (χ1v) is 10.5. The first-order valence-electron chi connectivity index (χ1n) is 10.5. The Kier molecular flexibility index (Phi) is 5.48. The number of nitrogens with zero attached hydrogens (tertiary/aromatic N) is 3. The Morgan fingerprint density at radius 1 is 1.13 bits per heavy atom. The molecule has 4 rings (SSSR count). The Morgan fingerprint density at radius 2 is 1.73 bits per heavy atom. The summed E-state index contributed by atoms with van der Waals surface area (Å²) in [5.41, 5.74) is 5.13. The second-order valence-electron chi connectivity index (χ2n) is 8.53. The van der Waals surface area contributed by atoms with Gasteiger partial charge in [-0.3, -0.25) is 14.4 Å². The van der Waals surface area contributed by atoms with Gasteiger partial charge in [0.1, 0.15) is 5.54 Å². The number of rotatable bonds is 6. The molecular weight excluding hydrogens is 372 g/mol. The van der Waals surface area contributed by atoms with Crippen LogP contribution >= 0.6 is 0 Å². The lowest BCUT2D eigenvalue weighted by atomic mass is 9.91. The third-order valence-corrected chi connectivity index (χ3v) is 6.37. The minimum absolute atomic E-state index is 0.0767. The second kappa shape index (κ2) is 8.07. The number of hydrogen-bond donors (Lipinski definition) is 1. The van der Waals surface area contributed by atoms with E-state index in [1.54, 1.807) is 4.68 Å². The van der Waals surface area contributed by atoms with Crippen LogP contribution in [0.25, 0.3) is 0 Å². The number of amides is 1. The van der Waals surface area contributed by atoms with Gasteiger partial charge in [0, 0.05) is 38.2 Å². The maximum atomic E-state index is 13.8. The first-order chi connectivity index (χ1) is 14.4. The zero-order valence-electron chi connectivity index (χ0n) is 18.2. The molecule has 1 aliphatic carbocycles. The highest BCUT2D eigenvalue weighted by Crippen LogP contribution is 2.36. The lowest BCUT2D eigenvalue weighted by molar-refractivity contribution is -0.133. The number of carbonyl (C=O) groups excluding carboxylic acids is 1. The Balaban J connectivity index is 1.62. The molecule has 0 aliphatic heterocycles. The largest absolute Gasteiger partial charge is 0.348 e. The van der Waals surface area contributed by atoms with E-state index in [0.717, 1.165) is 30.6 Å². The molecule has 0 saturated heterocycles. The van der Waals surface area contributed by atoms with Gasteiger partial charge in [-0.2, -0.15) is 5.10 Å². The van der Waals surface area contributed by atoms with E-state index in [9.17, 15) is 4.79 Å². The van der Waals surface area contributed by atoms with Crippen molar-refractivity contribution in [2.45, 2.75) is 44.8 Å². The van der Waals surface area contributed by atoms with Crippen molar-refractivity contribution in [1.29, 1.82) is 0 Å². The van der Waals surface area contributed by atoms with Crippen molar-refractivity contribution in [1.82, 2.24) is 20.0 Å². The van der Waals surface area contributed by atoms with Gasteiger partial charge in [-0.05, 0) is 37.6 Å². The van der Waals surface area contributed by atoms with Gasteiger partial charge in [0.15, 0.2) is 0 Å². The lowest BCUT2D eigenvalue weighted by Crippen LogP contribution is -2.58. The molecular formula is C25H30N4O. The average Bonchev–Trinajstić information content (AvgIpc) is 3.29. The van der Waals surface area contributed by atoms with Gasteiger partial charge < -0.3 is 5.32 Å². The van der Waals surface area contributed by atoms with Crippen LogP contribution in [0.3, 0.4) is 0 Å². The fourth-order valence-electron chi connectivity index (χ4n) is 4.66. The van der Waals surface area contributed by atoms with Crippen LogP contribution in [0.5, 0.6) is 0 Å². The van der Waals surface area contributed by atoms with Crippen molar-refractivity contribution in [3.63, 3.8) is 0 Å². The van der Waals surface area contributed by atoms with Crippen molar-refractivity contribution < 1.29 is 4.79 Å². The Labute approximate surface area is 178 Å². The third-order valence-electron chi connectivity index (χ3n) is 6.37. The monoisotopic (exact) mass is 402 g/mol. The maximum absolute atomic E-state index is 13.8. The number of carbonyl (C=O) groups is 1. The topological polar surface area (TPSA) is 50.2 Å². The van der Waals surface area contributed by atoms with Gasteiger partial charge >= 0.3 is 0 Å². The Bertz CT molecular complexity index is 1020. The molecule has 0 radical (unpaired) electrons. The van der Waals surface area contributed by atoms with Crippen LogP contribution in [0.15, 0.2) is 60.8 Å². The summed E-state index contributed by atoms with van der Waals surface area (Å²) in [5.74, 6) is 0.0767. The van der Waals surface area contributed by atoms with Gasteiger partial charge in [-0.25, -0.2) is 0 Å². The quantitative estimate of drug-likeness (QED) is 0.686. The highest BCUT2D eigenvalue weighted by atomic mass is 16.2. The molecule has 1 heterocycles. The molecule has 3 aromatic rings. The van der Waals surface area contributed by atoms with Crippen LogP contribution in [0.1, 0.15) is 40.9 Å². The Morgan fingerprint density at radius 3 is 2.30 bits per heavy atom. The fourth-order valence-corrected chi connectivity index (χ4v) is 4.66. The van der Waals surface area contributed by atoms with Crippen LogP contribution in [-0.2, 0) is 31.2 Å². The summed E-state index contributed by atoms with van der Waals surface area (Å²) in [7, 11) is 3.98. The van der Waals surface area contributed by atoms with E-state index in [1.807, 2.05) is 45.3 Å². The second-order valence-corrected chi connectivity index (χ2v) is 8.53. The smallest absolute Gasteiger partial charge is 0.241 e. The Hall–Kier alpha value is -2.92. The molecule has 0 spiro atoms. The SMILES string of the molecule is Cc1nn(C)cc1C(C)NC(=O)C1(N(C)Cc2ccccc2)Cc2ccccc2C1. The van der Waals surface area contributed by atoms with Crippen LogP contribution in [0, 0.1) is 6.92 Å². The van der Waals surface area contributed by atoms with Gasteiger partial charge in [0.05, 0.1) is 11.7 Å². The number of hydrogen-bond acceptors (Lipinski definition) is 3. The number of aromatic nitrogens is 2. The van der Waals surface area contributed by atoms with Crippen molar-refractivity contribution in [3.8, 4) is 0 Å². The average molecular weight is 403 g/mol. The van der Waals surface area contributed by atoms with Gasteiger partial charge in [-0.15, -0.1) is 0 Å². The molecule has 1 amide bonds. The molecule has 5 heteroatoms. The highest BCUT2D eigenvalue weighted by Gasteiger charge is 2.47. The van der Waals surface area contributed by atoms with Crippen molar-refractivity contribution in [2.24, 2.45) is 7.05 Å². The van der Waals surface area contributed by atoms with E-state index in [4.69, 9.17) is 0 Å². The zero-order valence-corrected chi connectivity index (χ0v) is 18.2. The predicted molar refractivity (Wildman–Crippen MR) is 119 cm³/mol. The maximum Gasteiger partial charge on any atom is 0.241 e. The molecule has 156 valence electrons. The molecule has 0 saturated carbocycles. The number of fused-ring (bicyclic) bond motifs is 1. The summed E-state index contributed by atoms with van der Waals surface area (Å²) in [4.78, 5) is 16.0. The number of aryl methyl sites for hydroxylation is 2. The molecule has 1 aliphatic rings. The molecule has 30 heavy (non-hydrogen) atoms. The zero-order chi connectivity index (χ0) is 21.3. The van der Waals surface area contributed by atoms with Gasteiger partial charge in [0.2, 0.25) is 5.91 Å². The fraction of sp³-hybridized carbons (Fsp3) is 0.360. The van der Waals surface area contributed by atoms with Crippen molar-refractivity contribution in [3.05, 3.63) is 88.7 Å². The summed E-state index contributed by atoms with van der Waals surface area (Å²) in [6.07, 6.45) is 3.43. The van der Waals surface area contributed by atoms with Crippen molar-refractivity contribution >= 4 is 5.91 Å². The molecule has 5 nitrogen and oxygen atoms in total. The molecule has 0 fully saturated rings. The van der Waals surface area contributed by atoms with E-state index in [0.29, 0.717) is 0 Å². The van der Waals surface area contributed by atoms with Crippen molar-refractivity contribution in [2.75, 3.05) is 7.05 Å². The lowest BCUT2D eigenvalue weighted by Gasteiger charge is -2.38. The molecule has 1 atom stereocenters. The summed E-state index contributed by atoms with van der Waals surface area (Å²) in [5, 5.41) is 7.73. The van der Waals surface area contributed by atoms with Crippen LogP contribution in [-0.4, -0.2) is 33.2 Å². The normalized spacial score (nSPS) is 15.8. The third kappa shape index (κ3) is 3.77. The number of nitrogens with one attached hydrogen (secondary N) is 1. The van der Waals surface area contributed by atoms with E-state index >= 15 is 0 Å². The minimum Gasteiger partial charge on any atom is -0.348 e. The van der Waals surface area contributed by atoms with E-state index in [1.165, 1.54) is 16.7 Å². The standard InChI is InChI=1S/C25H30N4O/c1-18(23-17-29(4)27-19(23)2)26-24(30)25(14-21-12-8-9-13-22(21)15-25)28(3)16-20-10-6-5-7-11-20/h5-13,17-18H,14-16H2,1-4H3,(H,26,30). The van der Waals surface area contributed by atoms with Gasteiger partial charge in [-0.1, -0.05) is 54.6 Å². The molecule has 1 aromatic heterocycles. The van der Waals surface area contributed by atoms with E-state index < -0.39 is 5.54 Å². The first kappa shape index (κ1) is 20.4. The van der Waals surface area contributed by atoms with Gasteiger partial charge in [0.25, 0.3) is 0 Å². The molecule has 0 bridgehead atoms. The van der Waals surface area contributed by atoms with E-state index in [2.05, 4.69) is 58.8 Å². The summed E-state index contributed by atoms with van der Waals surface area (Å²) in [6.45, 7) is 4.75. The summed E-state index contributed by atoms with van der Waals surface area (Å²) < 4.78 is 1.80. The number of benzene rings is 2. The summed E-state index contributed by atoms with van der Waals surface area (Å²) in [6, 6.07) is 18.7. The summed E-state index contributed by atoms with van der Waals surface area (Å²) >= 11 is 0. The van der Waals surface area contributed by atoms with Crippen LogP contribution < -0.4 is 5.32 Å². The van der Waals surface area contributed by atoms with E-state index in [-0.39, 0.29) is 11.9 Å². The highest BCUT2D eigenvalue weighted by molar-refractivity contribution is 5.88. The molecule has 1 N–H and O–H groups in total. The molecule has 2 aromatic carbocycles.